The van der Waals surface area contributed by atoms with Gasteiger partial charge in [-0.3, -0.25) is 14.6 Å². The van der Waals surface area contributed by atoms with Crippen molar-refractivity contribution in [3.8, 4) is 5.75 Å². The number of alkyl carbamates (subject to hydrolysis) is 1. The van der Waals surface area contributed by atoms with Crippen molar-refractivity contribution in [3.05, 3.63) is 58.1 Å². The Balaban J connectivity index is 1.36. The summed E-state index contributed by atoms with van der Waals surface area (Å²) in [6, 6.07) is 8.40. The van der Waals surface area contributed by atoms with Gasteiger partial charge in [0.15, 0.2) is 0 Å². The topological polar surface area (TPSA) is 217 Å². The number of amides is 3. The number of guanidine groups is 1. The fourth-order valence-electron chi connectivity index (χ4n) is 6.08. The highest BCUT2D eigenvalue weighted by atomic mass is 32.2. The van der Waals surface area contributed by atoms with Crippen molar-refractivity contribution in [3.63, 3.8) is 0 Å². The number of fused-ring (bicyclic) bond motifs is 1. The van der Waals surface area contributed by atoms with Crippen molar-refractivity contribution in [2.45, 2.75) is 116 Å². The van der Waals surface area contributed by atoms with Crippen LogP contribution in [0.1, 0.15) is 93.0 Å². The monoisotopic (exact) mass is 772 g/mol. The van der Waals surface area contributed by atoms with Gasteiger partial charge in [0.05, 0.1) is 12.0 Å². The Bertz CT molecular complexity index is 1760. The van der Waals surface area contributed by atoms with Gasteiger partial charge in [-0.25, -0.2) is 22.7 Å². The smallest absolute Gasteiger partial charge is 0.407 e. The lowest BCUT2D eigenvalue weighted by Crippen LogP contribution is -2.42. The van der Waals surface area contributed by atoms with E-state index in [-0.39, 0.29) is 67.7 Å². The lowest BCUT2D eigenvalue weighted by Gasteiger charge is -2.35. The van der Waals surface area contributed by atoms with E-state index in [0.29, 0.717) is 36.9 Å². The van der Waals surface area contributed by atoms with Crippen molar-refractivity contribution in [1.82, 2.24) is 20.7 Å². The standard InChI is InChI=1S/C38H56N6O9S/c1-25-26(2)34(27(3)29-18-20-38(4,5)53-33(25)29)54(49,50)44-36(39)41-22-13-16-30(35(47)51-6)43-32(46)19-23-40-31(45)17-11-8-12-21-42-37(48)52-24-28-14-9-7-10-15-28/h7,9-10,14-15,30H,8,11-13,16-24H2,1-6H3,(H,40,45)(H,42,48)(H,43,46)(H3,39,41,44)/t30-/m0/s1. The van der Waals surface area contributed by atoms with Crippen LogP contribution in [0.4, 0.5) is 4.79 Å². The molecule has 6 N–H and O–H groups in total. The maximum Gasteiger partial charge on any atom is 0.407 e. The summed E-state index contributed by atoms with van der Waals surface area (Å²) >= 11 is 0. The van der Waals surface area contributed by atoms with Gasteiger partial charge in [-0.2, -0.15) is 0 Å². The number of rotatable bonds is 19. The summed E-state index contributed by atoms with van der Waals surface area (Å²) in [5.41, 5.74) is 9.34. The first kappa shape index (κ1) is 43.5. The van der Waals surface area contributed by atoms with Crippen molar-refractivity contribution in [2.75, 3.05) is 26.7 Å². The number of methoxy groups -OCH3 is 1. The summed E-state index contributed by atoms with van der Waals surface area (Å²) in [5.74, 6) is -0.880. The number of esters is 1. The summed E-state index contributed by atoms with van der Waals surface area (Å²) in [5, 5.41) is 8.00. The minimum atomic E-state index is -4.07. The molecule has 2 aromatic carbocycles. The van der Waals surface area contributed by atoms with E-state index in [9.17, 15) is 27.6 Å². The Morgan fingerprint density at radius 3 is 2.35 bits per heavy atom. The molecule has 298 valence electrons. The molecule has 0 saturated carbocycles. The predicted octanol–water partition coefficient (Wildman–Crippen LogP) is 3.74. The number of hydrogen-bond donors (Lipinski definition) is 5. The molecule has 0 aromatic heterocycles. The number of carbonyl (C=O) groups excluding carboxylic acids is 4. The maximum absolute atomic E-state index is 13.5. The molecule has 0 fully saturated rings. The molecule has 0 bridgehead atoms. The first-order valence-electron chi connectivity index (χ1n) is 18.3. The minimum absolute atomic E-state index is 0.0496. The van der Waals surface area contributed by atoms with Crippen LogP contribution in [0.15, 0.2) is 40.2 Å². The second kappa shape index (κ2) is 20.6. The molecule has 54 heavy (non-hydrogen) atoms. The molecule has 1 aliphatic heterocycles. The van der Waals surface area contributed by atoms with E-state index in [1.165, 1.54) is 7.11 Å². The molecule has 15 nitrogen and oxygen atoms in total. The van der Waals surface area contributed by atoms with Gasteiger partial charge in [0, 0.05) is 32.5 Å². The molecule has 0 aliphatic carbocycles. The summed E-state index contributed by atoms with van der Waals surface area (Å²) < 4.78 is 45.5. The van der Waals surface area contributed by atoms with Crippen molar-refractivity contribution >= 4 is 39.9 Å². The average Bonchev–Trinajstić information content (AvgIpc) is 3.11. The summed E-state index contributed by atoms with van der Waals surface area (Å²) in [4.78, 5) is 53.2. The first-order valence-corrected chi connectivity index (χ1v) is 19.8. The van der Waals surface area contributed by atoms with Crippen LogP contribution in [-0.4, -0.2) is 76.6 Å². The fourth-order valence-corrected chi connectivity index (χ4v) is 7.60. The molecule has 0 radical (unpaired) electrons. The van der Waals surface area contributed by atoms with E-state index in [0.717, 1.165) is 35.3 Å². The highest BCUT2D eigenvalue weighted by Gasteiger charge is 2.33. The molecule has 0 unspecified atom stereocenters. The predicted molar refractivity (Wildman–Crippen MR) is 204 cm³/mol. The van der Waals surface area contributed by atoms with Gasteiger partial charge < -0.3 is 35.9 Å². The maximum atomic E-state index is 13.5. The van der Waals surface area contributed by atoms with E-state index in [1.807, 2.05) is 51.1 Å². The first-order chi connectivity index (χ1) is 25.5. The van der Waals surface area contributed by atoms with Crippen LogP contribution < -0.4 is 31.1 Å². The molecular formula is C38H56N6O9S. The molecule has 16 heteroatoms. The highest BCUT2D eigenvalue weighted by molar-refractivity contribution is 7.90. The summed E-state index contributed by atoms with van der Waals surface area (Å²) in [7, 11) is -2.86. The molecule has 3 rings (SSSR count). The number of carbonyl (C=O) groups is 4. The number of nitrogens with two attached hydrogens (primary N) is 1. The lowest BCUT2D eigenvalue weighted by atomic mass is 9.88. The third kappa shape index (κ3) is 13.5. The largest absolute Gasteiger partial charge is 0.487 e. The van der Waals surface area contributed by atoms with Gasteiger partial charge in [-0.1, -0.05) is 36.8 Å². The number of aliphatic imine (C=N–C) groups is 1. The molecule has 1 aliphatic rings. The number of benzene rings is 2. The molecule has 0 saturated heterocycles. The normalized spacial score (nSPS) is 14.1. The van der Waals surface area contributed by atoms with E-state index in [2.05, 4.69) is 25.7 Å². The number of nitrogens with one attached hydrogen (secondary N) is 4. The van der Waals surface area contributed by atoms with Gasteiger partial charge in [0.25, 0.3) is 10.0 Å². The van der Waals surface area contributed by atoms with Crippen LogP contribution in [0.3, 0.4) is 0 Å². The lowest BCUT2D eigenvalue weighted by molar-refractivity contribution is -0.145. The van der Waals surface area contributed by atoms with Crippen LogP contribution in [0.25, 0.3) is 0 Å². The van der Waals surface area contributed by atoms with E-state index in [1.54, 1.807) is 13.8 Å². The zero-order valence-electron chi connectivity index (χ0n) is 32.3. The minimum Gasteiger partial charge on any atom is -0.487 e. The molecular weight excluding hydrogens is 717 g/mol. The Labute approximate surface area is 318 Å². The third-order valence-electron chi connectivity index (χ3n) is 9.17. The Hall–Kier alpha value is -4.86. The van der Waals surface area contributed by atoms with Crippen LogP contribution in [0.5, 0.6) is 5.75 Å². The third-order valence-corrected chi connectivity index (χ3v) is 10.8. The molecule has 1 heterocycles. The number of hydrogen-bond acceptors (Lipinski definition) is 10. The average molecular weight is 773 g/mol. The zero-order valence-corrected chi connectivity index (χ0v) is 33.1. The Morgan fingerprint density at radius 1 is 0.926 bits per heavy atom. The highest BCUT2D eigenvalue weighted by Crippen LogP contribution is 2.42. The van der Waals surface area contributed by atoms with Gasteiger partial charge in [0.1, 0.15) is 24.0 Å². The quantitative estimate of drug-likeness (QED) is 0.0603. The Kier molecular flexibility index (Phi) is 16.6. The molecule has 2 aromatic rings. The summed E-state index contributed by atoms with van der Waals surface area (Å²) in [6.45, 7) is 10.2. The second-order valence-corrected chi connectivity index (χ2v) is 15.5. The van der Waals surface area contributed by atoms with Crippen molar-refractivity contribution in [1.29, 1.82) is 0 Å². The Morgan fingerprint density at radius 2 is 1.65 bits per heavy atom. The molecule has 0 spiro atoms. The van der Waals surface area contributed by atoms with Crippen LogP contribution in [0, 0.1) is 20.8 Å². The molecule has 3 amide bonds. The number of sulfonamides is 1. The van der Waals surface area contributed by atoms with Gasteiger partial charge in [-0.05, 0) is 101 Å². The van der Waals surface area contributed by atoms with E-state index < -0.39 is 34.0 Å². The van der Waals surface area contributed by atoms with E-state index in [4.69, 9.17) is 19.9 Å². The summed E-state index contributed by atoms with van der Waals surface area (Å²) in [6.07, 6.45) is 3.62. The van der Waals surface area contributed by atoms with Crippen molar-refractivity contribution < 1.29 is 41.8 Å². The SMILES string of the molecule is COC(=O)[C@H](CCCN=C(N)NS(=O)(=O)c1c(C)c(C)c2c(c1C)CCC(C)(C)O2)NC(=O)CCNC(=O)CCCCCNC(=O)OCc1ccccc1. The molecule has 1 atom stereocenters. The van der Waals surface area contributed by atoms with Gasteiger partial charge in [-0.15, -0.1) is 0 Å². The number of ether oxygens (including phenoxy) is 3. The second-order valence-electron chi connectivity index (χ2n) is 13.9. The number of unbranched alkanes of at least 4 members (excludes halogenated alkanes) is 2. The van der Waals surface area contributed by atoms with Crippen molar-refractivity contribution in [2.24, 2.45) is 10.7 Å². The van der Waals surface area contributed by atoms with Gasteiger partial charge >= 0.3 is 12.1 Å². The number of nitrogens with zero attached hydrogens (tertiary/aromatic N) is 1. The zero-order chi connectivity index (χ0) is 39.9. The van der Waals surface area contributed by atoms with E-state index >= 15 is 0 Å². The fraction of sp³-hybridized carbons (Fsp3) is 0.553. The van der Waals surface area contributed by atoms with Crippen LogP contribution in [0.2, 0.25) is 0 Å². The van der Waals surface area contributed by atoms with Crippen LogP contribution in [-0.2, 0) is 46.9 Å². The van der Waals surface area contributed by atoms with Gasteiger partial charge in [0.2, 0.25) is 17.8 Å². The van der Waals surface area contributed by atoms with Crippen LogP contribution >= 0.6 is 0 Å².